The molecule has 0 saturated carbocycles. The number of carbonyl (C=O) groups is 1. The van der Waals surface area contributed by atoms with Gasteiger partial charge in [0.1, 0.15) is 18.1 Å². The van der Waals surface area contributed by atoms with Crippen LogP contribution in [0.4, 0.5) is 5.69 Å². The molecule has 1 aliphatic rings. The first-order valence-electron chi connectivity index (χ1n) is 12.1. The van der Waals surface area contributed by atoms with E-state index in [0.29, 0.717) is 27.6 Å². The number of furan rings is 1. The van der Waals surface area contributed by atoms with Gasteiger partial charge in [-0.25, -0.2) is 0 Å². The van der Waals surface area contributed by atoms with Crippen LogP contribution in [0.5, 0.6) is 5.75 Å². The Morgan fingerprint density at radius 2 is 1.93 bits per heavy atom. The molecule has 1 aliphatic carbocycles. The summed E-state index contributed by atoms with van der Waals surface area (Å²) in [6, 6.07) is 5.74. The lowest BCUT2D eigenvalue weighted by molar-refractivity contribution is -0.113. The maximum Gasteiger partial charge on any atom is 0.299 e. The van der Waals surface area contributed by atoms with E-state index in [4.69, 9.17) is 25.3 Å². The second-order valence-electron chi connectivity index (χ2n) is 9.30. The Bertz CT molecular complexity index is 1740. The molecule has 0 saturated heterocycles. The van der Waals surface area contributed by atoms with E-state index in [2.05, 4.69) is 24.8 Å². The van der Waals surface area contributed by atoms with Gasteiger partial charge >= 0.3 is 0 Å². The lowest BCUT2D eigenvalue weighted by Gasteiger charge is -2.29. The molecule has 14 heteroatoms. The number of hydrogen-bond acceptors (Lipinski definition) is 11. The Balaban J connectivity index is 1.41. The Labute approximate surface area is 234 Å². The van der Waals surface area contributed by atoms with Crippen LogP contribution in [0.3, 0.4) is 0 Å². The second kappa shape index (κ2) is 10.7. The molecule has 3 aromatic heterocycles. The highest BCUT2D eigenvalue weighted by Gasteiger charge is 2.33. The molecule has 0 unspecified atom stereocenters. The molecule has 3 heterocycles. The van der Waals surface area contributed by atoms with Gasteiger partial charge in [0.25, 0.3) is 21.7 Å². The average molecular weight is 586 g/mol. The summed E-state index contributed by atoms with van der Waals surface area (Å²) < 4.78 is 49.7. The van der Waals surface area contributed by atoms with Gasteiger partial charge in [0, 0.05) is 23.6 Å². The average Bonchev–Trinajstić information content (AvgIpc) is 3.67. The molecule has 208 valence electrons. The molecular weight excluding hydrogens is 562 g/mol. The molecule has 1 aromatic carbocycles. The van der Waals surface area contributed by atoms with Gasteiger partial charge in [0.15, 0.2) is 5.78 Å². The molecule has 0 amide bonds. The third-order valence-electron chi connectivity index (χ3n) is 5.98. The molecule has 0 aliphatic heterocycles. The summed E-state index contributed by atoms with van der Waals surface area (Å²) in [6.45, 7) is 6.95. The number of Topliss-reactive ketones (excluding diaryl/α,β-unsaturated/α-hetero) is 1. The van der Waals surface area contributed by atoms with Gasteiger partial charge in [-0.15, -0.1) is 0 Å². The highest BCUT2D eigenvalue weighted by Crippen LogP contribution is 2.39. The monoisotopic (exact) mass is 585 g/mol. The molecule has 12 nitrogen and oxygen atoms in total. The zero-order valence-corrected chi connectivity index (χ0v) is 23.5. The van der Waals surface area contributed by atoms with Gasteiger partial charge in [-0.3, -0.25) is 9.10 Å². The molecule has 0 bridgehead atoms. The molecule has 40 heavy (non-hydrogen) atoms. The van der Waals surface area contributed by atoms with Gasteiger partial charge in [-0.2, -0.15) is 18.4 Å². The number of rotatable bonds is 9. The maximum absolute atomic E-state index is 13.6. The van der Waals surface area contributed by atoms with Crippen LogP contribution < -0.4 is 9.04 Å². The number of ether oxygens (including phenoxy) is 1. The van der Waals surface area contributed by atoms with Gasteiger partial charge in [-0.05, 0) is 63.1 Å². The number of nitrogens with zero attached hydrogens (tertiary/aromatic N) is 5. The Hall–Kier alpha value is -4.23. The van der Waals surface area contributed by atoms with Crippen molar-refractivity contribution in [2.45, 2.75) is 45.2 Å². The first kappa shape index (κ1) is 27.3. The molecular formula is C26H24ClN5O7S. The molecule has 4 aromatic rings. The zero-order valence-electron chi connectivity index (χ0n) is 21.9. The van der Waals surface area contributed by atoms with Crippen LogP contribution in [0.1, 0.15) is 37.4 Å². The lowest BCUT2D eigenvalue weighted by atomic mass is 9.97. The number of allylic oxidation sites excluding steroid dienone is 3. The molecule has 0 radical (unpaired) electrons. The van der Waals surface area contributed by atoms with Crippen LogP contribution in [0.25, 0.3) is 17.3 Å². The summed E-state index contributed by atoms with van der Waals surface area (Å²) in [6.07, 6.45) is 4.45. The van der Waals surface area contributed by atoms with Crippen molar-refractivity contribution in [2.24, 2.45) is 0 Å². The Morgan fingerprint density at radius 1 is 1.12 bits per heavy atom. The van der Waals surface area contributed by atoms with Crippen molar-refractivity contribution >= 4 is 38.7 Å². The number of ketones is 1. The van der Waals surface area contributed by atoms with Crippen molar-refractivity contribution in [3.05, 3.63) is 70.6 Å². The van der Waals surface area contributed by atoms with E-state index in [0.717, 1.165) is 6.39 Å². The number of carbonyl (C=O) groups excluding carboxylic acids is 1. The Kier molecular flexibility index (Phi) is 7.34. The molecule has 0 N–H and O–H groups in total. The predicted molar refractivity (Wildman–Crippen MR) is 143 cm³/mol. The van der Waals surface area contributed by atoms with Gasteiger partial charge < -0.3 is 18.2 Å². The van der Waals surface area contributed by atoms with Gasteiger partial charge in [0.05, 0.1) is 11.3 Å². The fourth-order valence-electron chi connectivity index (χ4n) is 4.08. The van der Waals surface area contributed by atoms with Crippen molar-refractivity contribution in [2.75, 3.05) is 10.9 Å². The van der Waals surface area contributed by atoms with Crippen molar-refractivity contribution in [1.82, 2.24) is 20.3 Å². The second-order valence-corrected chi connectivity index (χ2v) is 11.5. The third-order valence-corrected chi connectivity index (χ3v) is 8.25. The number of anilines is 1. The van der Waals surface area contributed by atoms with E-state index >= 15 is 0 Å². The quantitative estimate of drug-likeness (QED) is 0.262. The van der Waals surface area contributed by atoms with Crippen LogP contribution in [-0.4, -0.2) is 47.1 Å². The van der Waals surface area contributed by atoms with Crippen LogP contribution >= 0.6 is 11.6 Å². The highest BCUT2D eigenvalue weighted by molar-refractivity contribution is 7.92. The fraction of sp³-hybridized carbons (Fsp3) is 0.269. The van der Waals surface area contributed by atoms with Crippen LogP contribution in [0.15, 0.2) is 66.9 Å². The Morgan fingerprint density at radius 3 is 2.58 bits per heavy atom. The van der Waals surface area contributed by atoms with Crippen molar-refractivity contribution in [3.8, 4) is 17.5 Å². The molecule has 0 fully saturated rings. The normalized spacial score (nSPS) is 13.9. The van der Waals surface area contributed by atoms with Crippen molar-refractivity contribution in [1.29, 1.82) is 0 Å². The van der Waals surface area contributed by atoms with Crippen LogP contribution in [0, 0.1) is 13.8 Å². The minimum absolute atomic E-state index is 0.00804. The number of aromatic nitrogens is 4. The van der Waals surface area contributed by atoms with E-state index in [1.54, 1.807) is 58.0 Å². The lowest BCUT2D eigenvalue weighted by Crippen LogP contribution is -2.37. The fourth-order valence-corrected chi connectivity index (χ4v) is 5.86. The first-order valence-corrected chi connectivity index (χ1v) is 13.9. The summed E-state index contributed by atoms with van der Waals surface area (Å²) in [5, 5.41) is 7.69. The summed E-state index contributed by atoms with van der Waals surface area (Å²) in [7, 11) is -4.06. The summed E-state index contributed by atoms with van der Waals surface area (Å²) >= 11 is 6.39. The molecule has 5 rings (SSSR count). The number of aryl methyl sites for hydroxylation is 2. The van der Waals surface area contributed by atoms with Crippen LogP contribution in [0.2, 0.25) is 5.02 Å². The number of hydrogen-bond donors (Lipinski definition) is 0. The van der Waals surface area contributed by atoms with Crippen molar-refractivity contribution < 1.29 is 31.4 Å². The zero-order chi connectivity index (χ0) is 28.6. The summed E-state index contributed by atoms with van der Waals surface area (Å²) in [5.41, 5.74) is 1.87. The summed E-state index contributed by atoms with van der Waals surface area (Å²) in [4.78, 5) is 20.9. The van der Waals surface area contributed by atoms with E-state index in [1.807, 2.05) is 0 Å². The number of benzene rings is 1. The van der Waals surface area contributed by atoms with Crippen molar-refractivity contribution in [3.63, 3.8) is 0 Å². The van der Waals surface area contributed by atoms with Gasteiger partial charge in [0.2, 0.25) is 17.3 Å². The number of sulfonamides is 1. The smallest absolute Gasteiger partial charge is 0.299 e. The minimum Gasteiger partial charge on any atom is -0.487 e. The highest BCUT2D eigenvalue weighted by atomic mass is 35.5. The SMILES string of the molecule is Cc1ccc(S(=O)(=O)N(c2cc(C)c(Cl)cc2OCC2=CC=C(c3noc(-c4ncon4)n3)C(=O)C2)C(C)C)o1. The standard InChI is InChI=1S/C26H24ClN5O7S/c1-14(2)32(40(34,35)23-8-5-16(4)38-23)20-9-15(3)19(27)11-22(20)36-12-17-6-7-18(21(33)10-17)24-29-26(39-31-24)25-28-13-37-30-25/h5-9,11,13-14H,10,12H2,1-4H3. The number of halogens is 1. The van der Waals surface area contributed by atoms with E-state index < -0.39 is 16.1 Å². The van der Waals surface area contributed by atoms with Gasteiger partial charge in [-0.1, -0.05) is 28.0 Å². The minimum atomic E-state index is -4.06. The maximum atomic E-state index is 13.6. The predicted octanol–water partition coefficient (Wildman–Crippen LogP) is 4.95. The largest absolute Gasteiger partial charge is 0.487 e. The molecule has 0 atom stereocenters. The van der Waals surface area contributed by atoms with E-state index in [-0.39, 0.29) is 52.8 Å². The summed E-state index contributed by atoms with van der Waals surface area (Å²) in [5.74, 6) is 0.692. The molecule has 0 spiro atoms. The first-order chi connectivity index (χ1) is 19.0. The third kappa shape index (κ3) is 5.29. The van der Waals surface area contributed by atoms with E-state index in [9.17, 15) is 13.2 Å². The van der Waals surface area contributed by atoms with E-state index in [1.165, 1.54) is 10.4 Å². The van der Waals surface area contributed by atoms with Crippen LogP contribution in [-0.2, 0) is 14.8 Å². The topological polar surface area (TPSA) is 155 Å².